The highest BCUT2D eigenvalue weighted by Crippen LogP contribution is 2.45. The Bertz CT molecular complexity index is 3380. The first-order valence-corrected chi connectivity index (χ1v) is 28.7. The molecule has 1 fully saturated rings. The number of piperidine rings is 1. The SMILES string of the molecule is Cn1cc2c3c(c[nH]c3c1=O)CN(c1ncc(F)cc1F)c1cc(C(=O)NCCCCCCCN(C(=O)OCC(C)(C)SS(C)(=O)=O)c3cccc4c3CN([C@@H]3CCC(=O)NC3=O)C4=O)c(CS(C)(=O)=O)cc1-2. The van der Waals surface area contributed by atoms with Crippen molar-refractivity contribution in [2.75, 3.05) is 42.0 Å². The predicted octanol–water partition coefficient (Wildman–Crippen LogP) is 5.96. The van der Waals surface area contributed by atoms with Crippen molar-refractivity contribution in [3.63, 3.8) is 0 Å². The summed E-state index contributed by atoms with van der Waals surface area (Å²) in [5.41, 5.74) is 3.02. The zero-order valence-electron chi connectivity index (χ0n) is 40.7. The average Bonchev–Trinajstić information content (AvgIpc) is 3.84. The maximum atomic E-state index is 15.6. The Morgan fingerprint density at radius 3 is 2.42 bits per heavy atom. The number of ether oxygens (including phenoxy) is 1. The lowest BCUT2D eigenvalue weighted by atomic mass is 9.96. The van der Waals surface area contributed by atoms with Gasteiger partial charge in [-0.3, -0.25) is 34.2 Å². The van der Waals surface area contributed by atoms with Gasteiger partial charge in [0.1, 0.15) is 24.0 Å². The summed E-state index contributed by atoms with van der Waals surface area (Å²) in [6, 6.07) is 7.71. The maximum absolute atomic E-state index is 15.6. The molecule has 1 saturated heterocycles. The lowest BCUT2D eigenvalue weighted by Gasteiger charge is -2.30. The van der Waals surface area contributed by atoms with Gasteiger partial charge in [-0.15, -0.1) is 0 Å². The van der Waals surface area contributed by atoms with E-state index in [0.717, 1.165) is 18.7 Å². The van der Waals surface area contributed by atoms with Gasteiger partial charge in [0.05, 0.1) is 34.6 Å². The predicted molar refractivity (Wildman–Crippen MR) is 271 cm³/mol. The number of rotatable bonds is 18. The van der Waals surface area contributed by atoms with Crippen LogP contribution in [0.25, 0.3) is 22.0 Å². The topological polar surface area (TPSA) is 247 Å². The molecule has 2 aromatic carbocycles. The molecule has 5 aromatic rings. The number of unbranched alkanes of at least 4 members (excludes halogenated alkanes) is 4. The number of H-pyrrole nitrogens is 1. The van der Waals surface area contributed by atoms with E-state index in [-0.39, 0.29) is 79.3 Å². The number of anilines is 3. The standard InChI is InChI=1S/C49H54F2N8O11S3/c1-49(2,71-73(5,68)69)27-70-48(65)57(37-13-11-12-31-34(37)25-59(46(31)63)38-14-15-40(60)55-45(38)62)17-10-8-6-7-9-16-52-44(61)32-20-39-33(18-28(32)26-72(4,66)67)35-24-56(3)47(64)42-41(35)29(21-53-42)23-58(39)43-36(51)19-30(50)22-54-43/h11-13,18-22,24,38,53H,6-10,14-17,23,25-27H2,1-5H3,(H,52,61)(H,55,60,62)/t38-/m1/s1. The van der Waals surface area contributed by atoms with E-state index in [2.05, 4.69) is 20.6 Å². The number of hydrogen-bond donors (Lipinski definition) is 3. The molecule has 19 nitrogen and oxygen atoms in total. The molecular formula is C49H54F2N8O11S3. The average molecular weight is 1070 g/mol. The summed E-state index contributed by atoms with van der Waals surface area (Å²) in [6.07, 6.45) is 8.46. The molecule has 0 saturated carbocycles. The molecule has 8 rings (SSSR count). The number of nitrogens with one attached hydrogen (secondary N) is 3. The van der Waals surface area contributed by atoms with Crippen LogP contribution in [0.4, 0.5) is 30.8 Å². The Kier molecular flexibility index (Phi) is 14.9. The van der Waals surface area contributed by atoms with Crippen LogP contribution >= 0.6 is 10.8 Å². The van der Waals surface area contributed by atoms with Gasteiger partial charge in [-0.25, -0.2) is 35.4 Å². The number of carbonyl (C=O) groups excluding carboxylic acids is 5. The van der Waals surface area contributed by atoms with Crippen molar-refractivity contribution in [3.05, 3.63) is 105 Å². The molecule has 6 heterocycles. The van der Waals surface area contributed by atoms with Gasteiger partial charge >= 0.3 is 6.09 Å². The Labute approximate surface area is 423 Å². The fourth-order valence-electron chi connectivity index (χ4n) is 9.60. The van der Waals surface area contributed by atoms with Crippen LogP contribution in [0.5, 0.6) is 0 Å². The van der Waals surface area contributed by atoms with Crippen molar-refractivity contribution in [1.82, 2.24) is 30.1 Å². The van der Waals surface area contributed by atoms with Gasteiger partial charge in [-0.1, -0.05) is 25.3 Å². The number of imide groups is 1. The number of carbonyl (C=O) groups is 5. The van der Waals surface area contributed by atoms with Crippen LogP contribution in [0.3, 0.4) is 0 Å². The molecule has 0 bridgehead atoms. The summed E-state index contributed by atoms with van der Waals surface area (Å²) in [5, 5.41) is 5.70. The Morgan fingerprint density at radius 2 is 1.71 bits per heavy atom. The fourth-order valence-corrected chi connectivity index (χ4v) is 13.9. The molecule has 3 aliphatic rings. The van der Waals surface area contributed by atoms with E-state index in [4.69, 9.17) is 4.74 Å². The van der Waals surface area contributed by atoms with Crippen LogP contribution in [0, 0.1) is 11.6 Å². The smallest absolute Gasteiger partial charge is 0.414 e. The van der Waals surface area contributed by atoms with Crippen LogP contribution in [-0.2, 0) is 58.9 Å². The second kappa shape index (κ2) is 20.7. The van der Waals surface area contributed by atoms with Gasteiger partial charge in [0.15, 0.2) is 30.3 Å². The van der Waals surface area contributed by atoms with Crippen LogP contribution in [0.15, 0.2) is 59.8 Å². The fraction of sp³-hybridized carbons (Fsp3) is 0.408. The van der Waals surface area contributed by atoms with Crippen LogP contribution < -0.4 is 26.0 Å². The summed E-state index contributed by atoms with van der Waals surface area (Å²) in [5.74, 6) is -4.70. The monoisotopic (exact) mass is 1060 g/mol. The third-order valence-corrected chi connectivity index (χ3v) is 16.7. The molecule has 3 N–H and O–H groups in total. The number of fused-ring (bicyclic) bond motifs is 3. The van der Waals surface area contributed by atoms with Gasteiger partial charge in [0, 0.05) is 97.3 Å². The number of aromatic amines is 1. The van der Waals surface area contributed by atoms with Gasteiger partial charge < -0.3 is 29.4 Å². The van der Waals surface area contributed by atoms with Crippen LogP contribution in [0.1, 0.15) is 96.2 Å². The highest BCUT2D eigenvalue weighted by molar-refractivity contribution is 8.72. The third kappa shape index (κ3) is 11.6. The molecule has 3 aromatic heterocycles. The number of nitrogens with zero attached hydrogens (tertiary/aromatic N) is 5. The van der Waals surface area contributed by atoms with Gasteiger partial charge in [-0.2, -0.15) is 0 Å². The molecule has 388 valence electrons. The van der Waals surface area contributed by atoms with E-state index in [1.807, 2.05) is 0 Å². The highest BCUT2D eigenvalue weighted by Gasteiger charge is 2.41. The number of amides is 5. The van der Waals surface area contributed by atoms with Gasteiger partial charge in [-0.05, 0) is 79.3 Å². The highest BCUT2D eigenvalue weighted by atomic mass is 33.1. The van der Waals surface area contributed by atoms with Crippen molar-refractivity contribution in [3.8, 4) is 11.1 Å². The number of pyridine rings is 2. The molecule has 0 spiro atoms. The number of benzene rings is 2. The zero-order chi connectivity index (χ0) is 52.7. The number of aromatic nitrogens is 3. The number of halogens is 2. The summed E-state index contributed by atoms with van der Waals surface area (Å²) < 4.78 is 85.7. The molecule has 24 heteroatoms. The molecule has 5 amide bonds. The van der Waals surface area contributed by atoms with Crippen molar-refractivity contribution < 1.29 is 54.3 Å². The van der Waals surface area contributed by atoms with E-state index in [1.165, 1.54) is 25.3 Å². The lowest BCUT2D eigenvalue weighted by Crippen LogP contribution is -2.52. The van der Waals surface area contributed by atoms with E-state index in [9.17, 15) is 50.0 Å². The molecule has 0 radical (unpaired) electrons. The largest absolute Gasteiger partial charge is 0.448 e. The van der Waals surface area contributed by atoms with Crippen LogP contribution in [0.2, 0.25) is 0 Å². The molecule has 0 unspecified atom stereocenters. The summed E-state index contributed by atoms with van der Waals surface area (Å²) in [4.78, 5) is 90.9. The quantitative estimate of drug-likeness (QED) is 0.0521. The third-order valence-electron chi connectivity index (χ3n) is 12.8. The first kappa shape index (κ1) is 52.7. The van der Waals surface area contributed by atoms with Gasteiger partial charge in [0.25, 0.3) is 17.4 Å². The number of aryl methyl sites for hydroxylation is 1. The first-order valence-electron chi connectivity index (χ1n) is 23.4. The van der Waals surface area contributed by atoms with E-state index < -0.39 is 76.6 Å². The van der Waals surface area contributed by atoms with Crippen molar-refractivity contribution in [1.29, 1.82) is 0 Å². The van der Waals surface area contributed by atoms with Crippen molar-refractivity contribution >= 4 is 87.3 Å². The molecule has 0 aliphatic carbocycles. The molecule has 73 heavy (non-hydrogen) atoms. The van der Waals surface area contributed by atoms with E-state index >= 15 is 4.39 Å². The molecule has 1 atom stereocenters. The molecular weight excluding hydrogens is 1010 g/mol. The van der Waals surface area contributed by atoms with E-state index in [1.54, 1.807) is 57.6 Å². The number of hydrogen-bond acceptors (Lipinski definition) is 14. The molecule has 3 aliphatic heterocycles. The van der Waals surface area contributed by atoms with Crippen LogP contribution in [-0.4, -0.2) is 109 Å². The number of sulfone groups is 1. The lowest BCUT2D eigenvalue weighted by molar-refractivity contribution is -0.136. The Hall–Kier alpha value is -6.66. The zero-order valence-corrected chi connectivity index (χ0v) is 43.1. The normalized spacial score (nSPS) is 15.8. The minimum absolute atomic E-state index is 0.00202. The second-order valence-electron chi connectivity index (χ2n) is 19.1. The Balaban J connectivity index is 0.965. The summed E-state index contributed by atoms with van der Waals surface area (Å²) in [7, 11) is -5.01. The first-order chi connectivity index (χ1) is 34.4. The second-order valence-corrected chi connectivity index (χ2v) is 26.3. The van der Waals surface area contributed by atoms with Crippen molar-refractivity contribution in [2.45, 2.75) is 88.4 Å². The minimum atomic E-state index is -3.73. The summed E-state index contributed by atoms with van der Waals surface area (Å²) in [6.45, 7) is 3.29. The van der Waals surface area contributed by atoms with Crippen molar-refractivity contribution in [2.24, 2.45) is 7.05 Å². The maximum Gasteiger partial charge on any atom is 0.414 e. The minimum Gasteiger partial charge on any atom is -0.448 e. The Morgan fingerprint density at radius 1 is 0.973 bits per heavy atom. The van der Waals surface area contributed by atoms with E-state index in [0.29, 0.717) is 87.9 Å². The van der Waals surface area contributed by atoms with Gasteiger partial charge in [0.2, 0.25) is 11.8 Å². The summed E-state index contributed by atoms with van der Waals surface area (Å²) >= 11 is 0.